The Labute approximate surface area is 168 Å². The van der Waals surface area contributed by atoms with Crippen molar-refractivity contribution in [2.45, 2.75) is 17.9 Å². The second-order valence-electron chi connectivity index (χ2n) is 6.30. The zero-order chi connectivity index (χ0) is 19.9. The molecular formula is C21H23NO5S. The highest BCUT2D eigenvalue weighted by Crippen LogP contribution is 2.33. The number of ether oxygens (including phenoxy) is 3. The van der Waals surface area contributed by atoms with E-state index in [2.05, 4.69) is 0 Å². The SMILES string of the molecule is COc1cc2c(cc1OC)CN(C(=O)COC(=O)CSc1ccccc1)CC2. The van der Waals surface area contributed by atoms with Crippen molar-refractivity contribution in [3.05, 3.63) is 53.6 Å². The third-order valence-corrected chi connectivity index (χ3v) is 5.51. The average Bonchev–Trinajstić information content (AvgIpc) is 2.75. The quantitative estimate of drug-likeness (QED) is 0.525. The fraction of sp³-hybridized carbons (Fsp3) is 0.333. The molecule has 2 aromatic carbocycles. The Kier molecular flexibility index (Phi) is 6.81. The molecule has 1 amide bonds. The van der Waals surface area contributed by atoms with Crippen molar-refractivity contribution in [2.75, 3.05) is 33.1 Å². The molecule has 6 nitrogen and oxygen atoms in total. The number of rotatable bonds is 7. The van der Waals surface area contributed by atoms with Gasteiger partial charge < -0.3 is 19.1 Å². The first-order chi connectivity index (χ1) is 13.6. The van der Waals surface area contributed by atoms with Gasteiger partial charge in [-0.25, -0.2) is 0 Å². The molecule has 0 bridgehead atoms. The number of hydrogen-bond acceptors (Lipinski definition) is 6. The summed E-state index contributed by atoms with van der Waals surface area (Å²) in [5, 5.41) is 0. The van der Waals surface area contributed by atoms with Gasteiger partial charge >= 0.3 is 5.97 Å². The van der Waals surface area contributed by atoms with Crippen molar-refractivity contribution in [3.63, 3.8) is 0 Å². The number of hydrogen-bond donors (Lipinski definition) is 0. The standard InChI is InChI=1S/C21H23NO5S/c1-25-18-10-15-8-9-22(12-16(15)11-19(18)26-2)20(23)13-27-21(24)14-28-17-6-4-3-5-7-17/h3-7,10-11H,8-9,12-14H2,1-2H3. The van der Waals surface area contributed by atoms with Crippen LogP contribution in [0.2, 0.25) is 0 Å². The Balaban J connectivity index is 1.51. The fourth-order valence-electron chi connectivity index (χ4n) is 3.03. The van der Waals surface area contributed by atoms with Crippen molar-refractivity contribution in [2.24, 2.45) is 0 Å². The van der Waals surface area contributed by atoms with E-state index in [4.69, 9.17) is 14.2 Å². The van der Waals surface area contributed by atoms with Crippen LogP contribution in [0.25, 0.3) is 0 Å². The van der Waals surface area contributed by atoms with Crippen LogP contribution in [0.4, 0.5) is 0 Å². The van der Waals surface area contributed by atoms with Gasteiger partial charge in [0.1, 0.15) is 0 Å². The Hall–Kier alpha value is -2.67. The van der Waals surface area contributed by atoms with Crippen LogP contribution in [0, 0.1) is 0 Å². The van der Waals surface area contributed by atoms with Crippen molar-refractivity contribution in [1.29, 1.82) is 0 Å². The molecule has 1 heterocycles. The van der Waals surface area contributed by atoms with E-state index in [1.165, 1.54) is 11.8 Å². The number of nitrogens with zero attached hydrogens (tertiary/aromatic N) is 1. The van der Waals surface area contributed by atoms with Gasteiger partial charge in [-0.15, -0.1) is 11.8 Å². The third kappa shape index (κ3) is 4.98. The van der Waals surface area contributed by atoms with Crippen molar-refractivity contribution in [1.82, 2.24) is 4.90 Å². The van der Waals surface area contributed by atoms with Gasteiger partial charge in [-0.2, -0.15) is 0 Å². The summed E-state index contributed by atoms with van der Waals surface area (Å²) in [6.07, 6.45) is 0.721. The van der Waals surface area contributed by atoms with Crippen LogP contribution in [0.5, 0.6) is 11.5 Å². The van der Waals surface area contributed by atoms with Gasteiger partial charge in [-0.05, 0) is 41.8 Å². The van der Waals surface area contributed by atoms with Gasteiger partial charge in [-0.3, -0.25) is 9.59 Å². The highest BCUT2D eigenvalue weighted by atomic mass is 32.2. The number of carbonyl (C=O) groups is 2. The maximum atomic E-state index is 12.5. The molecule has 0 saturated heterocycles. The lowest BCUT2D eigenvalue weighted by Crippen LogP contribution is -2.38. The van der Waals surface area contributed by atoms with Crippen LogP contribution < -0.4 is 9.47 Å². The summed E-state index contributed by atoms with van der Waals surface area (Å²) in [6, 6.07) is 13.5. The van der Waals surface area contributed by atoms with E-state index < -0.39 is 5.97 Å². The number of esters is 1. The molecule has 2 aromatic rings. The van der Waals surface area contributed by atoms with E-state index in [1.807, 2.05) is 42.5 Å². The molecule has 148 valence electrons. The predicted octanol–water partition coefficient (Wildman–Crippen LogP) is 2.92. The Morgan fingerprint density at radius 1 is 1.04 bits per heavy atom. The van der Waals surface area contributed by atoms with Gasteiger partial charge in [0.25, 0.3) is 5.91 Å². The zero-order valence-electron chi connectivity index (χ0n) is 16.0. The normalized spacial score (nSPS) is 12.9. The largest absolute Gasteiger partial charge is 0.493 e. The lowest BCUT2D eigenvalue weighted by atomic mass is 9.99. The Bertz CT molecular complexity index is 840. The summed E-state index contributed by atoms with van der Waals surface area (Å²) in [5.74, 6) is 0.909. The van der Waals surface area contributed by atoms with E-state index >= 15 is 0 Å². The molecule has 0 fully saturated rings. The number of benzene rings is 2. The van der Waals surface area contributed by atoms with Gasteiger partial charge in [-0.1, -0.05) is 18.2 Å². The molecule has 3 rings (SSSR count). The minimum absolute atomic E-state index is 0.178. The Morgan fingerprint density at radius 3 is 2.39 bits per heavy atom. The Morgan fingerprint density at radius 2 is 1.71 bits per heavy atom. The highest BCUT2D eigenvalue weighted by molar-refractivity contribution is 8.00. The minimum atomic E-state index is -0.397. The van der Waals surface area contributed by atoms with Crippen molar-refractivity contribution >= 4 is 23.6 Å². The first kappa shape index (κ1) is 20.1. The molecule has 0 unspecified atom stereocenters. The summed E-state index contributed by atoms with van der Waals surface area (Å²) in [6.45, 7) is 0.805. The maximum Gasteiger partial charge on any atom is 0.316 e. The maximum absolute atomic E-state index is 12.5. The van der Waals surface area contributed by atoms with E-state index in [1.54, 1.807) is 19.1 Å². The topological polar surface area (TPSA) is 65.1 Å². The molecule has 0 N–H and O–H groups in total. The summed E-state index contributed by atoms with van der Waals surface area (Å²) >= 11 is 1.39. The molecule has 0 saturated carbocycles. The summed E-state index contributed by atoms with van der Waals surface area (Å²) in [5.41, 5.74) is 2.15. The molecule has 0 atom stereocenters. The van der Waals surface area contributed by atoms with Crippen LogP contribution in [0.3, 0.4) is 0 Å². The smallest absolute Gasteiger partial charge is 0.316 e. The first-order valence-corrected chi connectivity index (χ1v) is 9.94. The number of thioether (sulfide) groups is 1. The number of carbonyl (C=O) groups excluding carboxylic acids is 2. The number of fused-ring (bicyclic) bond motifs is 1. The van der Waals surface area contributed by atoms with E-state index in [0.717, 1.165) is 22.4 Å². The molecule has 7 heteroatoms. The van der Waals surface area contributed by atoms with Gasteiger partial charge in [0.2, 0.25) is 0 Å². The van der Waals surface area contributed by atoms with Crippen LogP contribution in [-0.2, 0) is 27.3 Å². The summed E-state index contributed by atoms with van der Waals surface area (Å²) in [4.78, 5) is 27.1. The molecule has 0 radical (unpaired) electrons. The van der Waals surface area contributed by atoms with E-state index in [9.17, 15) is 9.59 Å². The predicted molar refractivity (Wildman–Crippen MR) is 107 cm³/mol. The molecular weight excluding hydrogens is 378 g/mol. The van der Waals surface area contributed by atoms with E-state index in [-0.39, 0.29) is 18.3 Å². The number of amides is 1. The highest BCUT2D eigenvalue weighted by Gasteiger charge is 2.23. The monoisotopic (exact) mass is 401 g/mol. The van der Waals surface area contributed by atoms with Gasteiger partial charge in [0.15, 0.2) is 18.1 Å². The second kappa shape index (κ2) is 9.50. The molecule has 0 aromatic heterocycles. The van der Waals surface area contributed by atoms with Crippen molar-refractivity contribution < 1.29 is 23.8 Å². The van der Waals surface area contributed by atoms with Crippen LogP contribution in [0.1, 0.15) is 11.1 Å². The summed E-state index contributed by atoms with van der Waals surface area (Å²) in [7, 11) is 3.19. The summed E-state index contributed by atoms with van der Waals surface area (Å²) < 4.78 is 15.8. The lowest BCUT2D eigenvalue weighted by Gasteiger charge is -2.29. The molecule has 28 heavy (non-hydrogen) atoms. The number of methoxy groups -OCH3 is 2. The molecule has 1 aliphatic rings. The lowest BCUT2D eigenvalue weighted by molar-refractivity contribution is -0.150. The molecule has 0 aliphatic carbocycles. The molecule has 1 aliphatic heterocycles. The first-order valence-electron chi connectivity index (χ1n) is 8.95. The average molecular weight is 401 g/mol. The van der Waals surface area contributed by atoms with Crippen LogP contribution >= 0.6 is 11.8 Å². The van der Waals surface area contributed by atoms with E-state index in [0.29, 0.717) is 24.6 Å². The fourth-order valence-corrected chi connectivity index (χ4v) is 3.75. The zero-order valence-corrected chi connectivity index (χ0v) is 16.8. The third-order valence-electron chi connectivity index (χ3n) is 4.53. The molecule has 0 spiro atoms. The van der Waals surface area contributed by atoms with Crippen LogP contribution in [-0.4, -0.2) is 49.9 Å². The van der Waals surface area contributed by atoms with Gasteiger partial charge in [0, 0.05) is 18.0 Å². The van der Waals surface area contributed by atoms with Gasteiger partial charge in [0.05, 0.1) is 20.0 Å². The van der Waals surface area contributed by atoms with Crippen LogP contribution in [0.15, 0.2) is 47.4 Å². The minimum Gasteiger partial charge on any atom is -0.493 e. The second-order valence-corrected chi connectivity index (χ2v) is 7.35. The van der Waals surface area contributed by atoms with Crippen molar-refractivity contribution in [3.8, 4) is 11.5 Å².